The van der Waals surface area contributed by atoms with E-state index < -0.39 is 0 Å². The molecule has 0 aliphatic rings. The van der Waals surface area contributed by atoms with E-state index in [1.165, 1.54) is 16.7 Å². The number of hydrogen-bond donors (Lipinski definition) is 2. The van der Waals surface area contributed by atoms with Crippen molar-refractivity contribution in [2.75, 3.05) is 13.1 Å². The van der Waals surface area contributed by atoms with Crippen LogP contribution in [0.25, 0.3) is 0 Å². The van der Waals surface area contributed by atoms with Crippen LogP contribution in [0.1, 0.15) is 61.1 Å². The van der Waals surface area contributed by atoms with E-state index in [-0.39, 0.29) is 0 Å². The number of benzene rings is 2. The van der Waals surface area contributed by atoms with Crippen LogP contribution in [-0.4, -0.2) is 13.1 Å². The highest BCUT2D eigenvalue weighted by Crippen LogP contribution is 2.30. The first-order valence-corrected chi connectivity index (χ1v) is 8.74. The van der Waals surface area contributed by atoms with Gasteiger partial charge in [-0.25, -0.2) is 0 Å². The van der Waals surface area contributed by atoms with Crippen molar-refractivity contribution >= 4 is 0 Å². The van der Waals surface area contributed by atoms with Gasteiger partial charge in [-0.1, -0.05) is 68.4 Å². The summed E-state index contributed by atoms with van der Waals surface area (Å²) in [5.74, 6) is 1.37. The minimum Gasteiger partial charge on any atom is -0.330 e. The Bertz CT molecular complexity index is 558. The lowest BCUT2D eigenvalue weighted by atomic mass is 9.85. The smallest absolute Gasteiger partial charge is 0.000802 e. The third kappa shape index (κ3) is 4.66. The van der Waals surface area contributed by atoms with E-state index in [1.54, 1.807) is 0 Å². The Hall–Kier alpha value is -1.64. The van der Waals surface area contributed by atoms with Crippen LogP contribution >= 0.6 is 0 Å². The average molecular weight is 310 g/mol. The molecule has 0 radical (unpaired) electrons. The van der Waals surface area contributed by atoms with Crippen molar-refractivity contribution in [2.24, 2.45) is 11.5 Å². The van der Waals surface area contributed by atoms with Crippen LogP contribution in [-0.2, 0) is 0 Å². The van der Waals surface area contributed by atoms with E-state index >= 15 is 0 Å². The molecule has 0 heterocycles. The molecule has 0 spiro atoms. The number of nitrogens with two attached hydrogens (primary N) is 2. The maximum Gasteiger partial charge on any atom is -0.000802 e. The zero-order chi connectivity index (χ0) is 16.7. The standard InChI is InChI=1S/C21H30N2/c1-3-17(14-22)19-9-11-20(12-10-19)21(15-23)13-16(2)18-7-5-4-6-8-18/h4-12,16-17,21H,3,13-15,22-23H2,1-2H3. The van der Waals surface area contributed by atoms with Crippen molar-refractivity contribution in [3.05, 3.63) is 71.3 Å². The highest BCUT2D eigenvalue weighted by molar-refractivity contribution is 5.29. The third-order valence-corrected chi connectivity index (χ3v) is 4.95. The second kappa shape index (κ2) is 8.85. The summed E-state index contributed by atoms with van der Waals surface area (Å²) in [7, 11) is 0. The maximum atomic E-state index is 6.06. The summed E-state index contributed by atoms with van der Waals surface area (Å²) in [6, 6.07) is 19.6. The Morgan fingerprint density at radius 1 is 0.739 bits per heavy atom. The topological polar surface area (TPSA) is 52.0 Å². The average Bonchev–Trinajstić information content (AvgIpc) is 2.62. The molecule has 0 amide bonds. The maximum absolute atomic E-state index is 6.06. The predicted molar refractivity (Wildman–Crippen MR) is 99.8 cm³/mol. The molecule has 23 heavy (non-hydrogen) atoms. The fraction of sp³-hybridized carbons (Fsp3) is 0.429. The van der Waals surface area contributed by atoms with Gasteiger partial charge < -0.3 is 11.5 Å². The van der Waals surface area contributed by atoms with Gasteiger partial charge in [0.1, 0.15) is 0 Å². The van der Waals surface area contributed by atoms with Gasteiger partial charge in [0.05, 0.1) is 0 Å². The van der Waals surface area contributed by atoms with Gasteiger partial charge in [0, 0.05) is 0 Å². The molecular weight excluding hydrogens is 280 g/mol. The minimum absolute atomic E-state index is 0.400. The molecule has 0 aliphatic carbocycles. The molecule has 0 aromatic heterocycles. The van der Waals surface area contributed by atoms with E-state index in [0.29, 0.717) is 30.8 Å². The molecule has 0 saturated heterocycles. The Kier molecular flexibility index (Phi) is 6.82. The van der Waals surface area contributed by atoms with Gasteiger partial charge in [0.2, 0.25) is 0 Å². The summed E-state index contributed by atoms with van der Waals surface area (Å²) in [5, 5.41) is 0. The second-order valence-corrected chi connectivity index (χ2v) is 6.49. The van der Waals surface area contributed by atoms with Crippen molar-refractivity contribution in [1.82, 2.24) is 0 Å². The first-order chi connectivity index (χ1) is 11.2. The molecule has 0 saturated carbocycles. The van der Waals surface area contributed by atoms with E-state index in [1.807, 2.05) is 0 Å². The van der Waals surface area contributed by atoms with E-state index in [0.717, 1.165) is 12.8 Å². The molecule has 3 unspecified atom stereocenters. The molecule has 2 rings (SSSR count). The van der Waals surface area contributed by atoms with E-state index in [9.17, 15) is 0 Å². The highest BCUT2D eigenvalue weighted by atomic mass is 14.6. The molecule has 124 valence electrons. The van der Waals surface area contributed by atoms with Crippen LogP contribution in [0.2, 0.25) is 0 Å². The predicted octanol–water partition coefficient (Wildman–Crippen LogP) is 4.38. The molecule has 0 fully saturated rings. The summed E-state index contributed by atoms with van der Waals surface area (Å²) < 4.78 is 0. The fourth-order valence-corrected chi connectivity index (χ4v) is 3.29. The molecule has 2 aromatic rings. The third-order valence-electron chi connectivity index (χ3n) is 4.95. The SMILES string of the molecule is CCC(CN)c1ccc(C(CN)CC(C)c2ccccc2)cc1. The monoisotopic (exact) mass is 310 g/mol. The fourth-order valence-electron chi connectivity index (χ4n) is 3.29. The first kappa shape index (κ1) is 17.7. The quantitative estimate of drug-likeness (QED) is 0.760. The second-order valence-electron chi connectivity index (χ2n) is 6.49. The van der Waals surface area contributed by atoms with Crippen molar-refractivity contribution in [2.45, 2.75) is 44.4 Å². The molecule has 0 bridgehead atoms. The van der Waals surface area contributed by atoms with Gasteiger partial charge in [-0.05, 0) is 60.4 Å². The highest BCUT2D eigenvalue weighted by Gasteiger charge is 2.16. The Balaban J connectivity index is 2.08. The lowest BCUT2D eigenvalue weighted by molar-refractivity contribution is 0.564. The van der Waals surface area contributed by atoms with Gasteiger partial charge in [0.15, 0.2) is 0 Å². The molecule has 4 N–H and O–H groups in total. The van der Waals surface area contributed by atoms with Gasteiger partial charge in [-0.15, -0.1) is 0 Å². The van der Waals surface area contributed by atoms with E-state index in [2.05, 4.69) is 68.4 Å². The first-order valence-electron chi connectivity index (χ1n) is 8.74. The summed E-state index contributed by atoms with van der Waals surface area (Å²) in [6.45, 7) is 5.87. The van der Waals surface area contributed by atoms with Crippen molar-refractivity contribution in [3.8, 4) is 0 Å². The lowest BCUT2D eigenvalue weighted by Crippen LogP contribution is -2.16. The molecule has 0 aliphatic heterocycles. The van der Waals surface area contributed by atoms with Crippen LogP contribution in [0.4, 0.5) is 0 Å². The van der Waals surface area contributed by atoms with Crippen LogP contribution in [0.5, 0.6) is 0 Å². The number of rotatable bonds is 8. The lowest BCUT2D eigenvalue weighted by Gasteiger charge is -2.21. The van der Waals surface area contributed by atoms with Crippen LogP contribution in [0.3, 0.4) is 0 Å². The normalized spacial score (nSPS) is 15.1. The molecule has 2 heteroatoms. The van der Waals surface area contributed by atoms with Gasteiger partial charge in [0.25, 0.3) is 0 Å². The van der Waals surface area contributed by atoms with Gasteiger partial charge in [-0.3, -0.25) is 0 Å². The van der Waals surface area contributed by atoms with E-state index in [4.69, 9.17) is 11.5 Å². The molecular formula is C21H30N2. The zero-order valence-electron chi connectivity index (χ0n) is 14.4. The van der Waals surface area contributed by atoms with Gasteiger partial charge in [-0.2, -0.15) is 0 Å². The Morgan fingerprint density at radius 2 is 1.26 bits per heavy atom. The molecule has 2 nitrogen and oxygen atoms in total. The Morgan fingerprint density at radius 3 is 1.74 bits per heavy atom. The van der Waals surface area contributed by atoms with Gasteiger partial charge >= 0.3 is 0 Å². The summed E-state index contributed by atoms with van der Waals surface area (Å²) in [5.41, 5.74) is 16.0. The molecule has 3 atom stereocenters. The largest absolute Gasteiger partial charge is 0.330 e. The number of hydrogen-bond acceptors (Lipinski definition) is 2. The Labute approximate surface area is 140 Å². The van der Waals surface area contributed by atoms with Crippen molar-refractivity contribution in [3.63, 3.8) is 0 Å². The molecule has 2 aromatic carbocycles. The zero-order valence-corrected chi connectivity index (χ0v) is 14.4. The van der Waals surface area contributed by atoms with Crippen molar-refractivity contribution in [1.29, 1.82) is 0 Å². The summed E-state index contributed by atoms with van der Waals surface area (Å²) >= 11 is 0. The van der Waals surface area contributed by atoms with Crippen LogP contribution in [0, 0.1) is 0 Å². The van der Waals surface area contributed by atoms with Crippen LogP contribution in [0.15, 0.2) is 54.6 Å². The van der Waals surface area contributed by atoms with Crippen molar-refractivity contribution < 1.29 is 0 Å². The summed E-state index contributed by atoms with van der Waals surface area (Å²) in [6.07, 6.45) is 2.16. The minimum atomic E-state index is 0.400. The van der Waals surface area contributed by atoms with Crippen LogP contribution < -0.4 is 11.5 Å². The summed E-state index contributed by atoms with van der Waals surface area (Å²) in [4.78, 5) is 0.